The number of aryl methyl sites for hydroxylation is 1. The first kappa shape index (κ1) is 11.5. The van der Waals surface area contributed by atoms with E-state index in [-0.39, 0.29) is 0 Å². The summed E-state index contributed by atoms with van der Waals surface area (Å²) in [5, 5.41) is 0.398. The zero-order valence-corrected chi connectivity index (χ0v) is 11.0. The van der Waals surface area contributed by atoms with Gasteiger partial charge in [-0.3, -0.25) is 4.98 Å². The van der Waals surface area contributed by atoms with E-state index in [2.05, 4.69) is 17.1 Å². The maximum atomic E-state index is 6.40. The Bertz CT molecular complexity index is 390. The predicted octanol–water partition coefficient (Wildman–Crippen LogP) is 4.30. The summed E-state index contributed by atoms with van der Waals surface area (Å²) in [5.74, 6) is 1.46. The highest BCUT2D eigenvalue weighted by Gasteiger charge is 2.32. The molecule has 2 aliphatic carbocycles. The van der Waals surface area contributed by atoms with Crippen molar-refractivity contribution >= 4 is 11.6 Å². The predicted molar refractivity (Wildman–Crippen MR) is 71.5 cm³/mol. The highest BCUT2D eigenvalue weighted by atomic mass is 35.5. The van der Waals surface area contributed by atoms with E-state index >= 15 is 0 Å². The molecule has 17 heavy (non-hydrogen) atoms. The Balaban J connectivity index is 1.81. The van der Waals surface area contributed by atoms with Gasteiger partial charge in [-0.2, -0.15) is 0 Å². The Morgan fingerprint density at radius 3 is 3.00 bits per heavy atom. The third kappa shape index (κ3) is 2.35. The molecule has 1 saturated carbocycles. The van der Waals surface area contributed by atoms with E-state index in [9.17, 15) is 0 Å². The Kier molecular flexibility index (Phi) is 3.37. The number of halogens is 1. The van der Waals surface area contributed by atoms with Crippen LogP contribution in [0.2, 0.25) is 0 Å². The van der Waals surface area contributed by atoms with Crippen LogP contribution in [0.3, 0.4) is 0 Å². The fraction of sp³-hybridized carbons (Fsp3) is 0.667. The van der Waals surface area contributed by atoms with Gasteiger partial charge in [0.25, 0.3) is 0 Å². The molecule has 0 radical (unpaired) electrons. The molecule has 2 aliphatic rings. The number of fused-ring (bicyclic) bond motifs is 1. The van der Waals surface area contributed by atoms with E-state index in [1.165, 1.54) is 56.2 Å². The second-order valence-electron chi connectivity index (χ2n) is 5.57. The summed E-state index contributed by atoms with van der Waals surface area (Å²) in [6.45, 7) is 0. The van der Waals surface area contributed by atoms with Gasteiger partial charge in [0.1, 0.15) is 0 Å². The molecule has 3 atom stereocenters. The van der Waals surface area contributed by atoms with Gasteiger partial charge >= 0.3 is 0 Å². The van der Waals surface area contributed by atoms with Gasteiger partial charge in [-0.1, -0.05) is 18.9 Å². The number of nitrogens with zero attached hydrogens (tertiary/aromatic N) is 1. The van der Waals surface area contributed by atoms with Crippen LogP contribution in [0.1, 0.15) is 55.7 Å². The van der Waals surface area contributed by atoms with Crippen molar-refractivity contribution in [3.05, 3.63) is 29.6 Å². The molecular formula is C15H20ClN. The molecule has 3 rings (SSSR count). The molecular weight excluding hydrogens is 230 g/mol. The maximum Gasteiger partial charge on any atom is 0.0469 e. The highest BCUT2D eigenvalue weighted by molar-refractivity contribution is 6.20. The quantitative estimate of drug-likeness (QED) is 0.534. The van der Waals surface area contributed by atoms with Gasteiger partial charge in [-0.15, -0.1) is 11.6 Å². The molecule has 92 valence electrons. The van der Waals surface area contributed by atoms with Crippen LogP contribution in [0.4, 0.5) is 0 Å². The molecule has 0 N–H and O–H groups in total. The summed E-state index contributed by atoms with van der Waals surface area (Å²) >= 11 is 6.40. The average Bonchev–Trinajstić information content (AvgIpc) is 2.66. The lowest BCUT2D eigenvalue weighted by atomic mass is 9.84. The van der Waals surface area contributed by atoms with Crippen molar-refractivity contribution in [2.45, 2.75) is 56.2 Å². The fourth-order valence-corrected chi connectivity index (χ4v) is 3.99. The Morgan fingerprint density at radius 2 is 2.06 bits per heavy atom. The van der Waals surface area contributed by atoms with E-state index in [0.29, 0.717) is 11.3 Å². The average molecular weight is 250 g/mol. The Hall–Kier alpha value is -0.560. The first-order chi connectivity index (χ1) is 8.34. The topological polar surface area (TPSA) is 12.9 Å². The molecule has 1 aromatic heterocycles. The molecule has 3 unspecified atom stereocenters. The molecule has 0 amide bonds. The molecule has 0 saturated heterocycles. The van der Waals surface area contributed by atoms with Crippen molar-refractivity contribution < 1.29 is 0 Å². The molecule has 0 bridgehead atoms. The van der Waals surface area contributed by atoms with E-state index in [1.54, 1.807) is 0 Å². The smallest absolute Gasteiger partial charge is 0.0469 e. The Labute approximate surface area is 109 Å². The van der Waals surface area contributed by atoms with Crippen LogP contribution >= 0.6 is 11.6 Å². The third-order valence-corrected chi connectivity index (χ3v) is 4.87. The lowest BCUT2D eigenvalue weighted by Gasteiger charge is -2.23. The van der Waals surface area contributed by atoms with Crippen LogP contribution in [-0.2, 0) is 6.42 Å². The van der Waals surface area contributed by atoms with Crippen molar-refractivity contribution in [3.63, 3.8) is 0 Å². The number of aromatic nitrogens is 1. The largest absolute Gasteiger partial charge is 0.261 e. The summed E-state index contributed by atoms with van der Waals surface area (Å²) in [6.07, 6.45) is 10.9. The molecule has 1 aromatic rings. The van der Waals surface area contributed by atoms with E-state index in [0.717, 1.165) is 5.92 Å². The summed E-state index contributed by atoms with van der Waals surface area (Å²) in [6, 6.07) is 4.32. The van der Waals surface area contributed by atoms with Gasteiger partial charge < -0.3 is 0 Å². The zero-order chi connectivity index (χ0) is 11.7. The van der Waals surface area contributed by atoms with E-state index < -0.39 is 0 Å². The van der Waals surface area contributed by atoms with Gasteiger partial charge in [0.05, 0.1) is 0 Å². The van der Waals surface area contributed by atoms with Crippen LogP contribution in [0, 0.1) is 5.92 Å². The van der Waals surface area contributed by atoms with Gasteiger partial charge in [0, 0.05) is 23.2 Å². The van der Waals surface area contributed by atoms with E-state index in [4.69, 9.17) is 11.6 Å². The normalized spacial score (nSPS) is 33.1. The molecule has 1 heterocycles. The van der Waals surface area contributed by atoms with Crippen molar-refractivity contribution in [3.8, 4) is 0 Å². The molecule has 1 nitrogen and oxygen atoms in total. The van der Waals surface area contributed by atoms with Crippen molar-refractivity contribution in [1.29, 1.82) is 0 Å². The van der Waals surface area contributed by atoms with Gasteiger partial charge in [-0.25, -0.2) is 0 Å². The van der Waals surface area contributed by atoms with Crippen molar-refractivity contribution in [2.75, 3.05) is 0 Å². The number of rotatable bonds is 1. The fourth-order valence-electron chi connectivity index (χ4n) is 3.60. The van der Waals surface area contributed by atoms with Crippen molar-refractivity contribution in [2.24, 2.45) is 5.92 Å². The van der Waals surface area contributed by atoms with Crippen molar-refractivity contribution in [1.82, 2.24) is 4.98 Å². The highest BCUT2D eigenvalue weighted by Crippen LogP contribution is 2.43. The van der Waals surface area contributed by atoms with Crippen LogP contribution in [-0.4, -0.2) is 10.4 Å². The van der Waals surface area contributed by atoms with Crippen LogP contribution in [0.5, 0.6) is 0 Å². The first-order valence-corrected chi connectivity index (χ1v) is 7.36. The van der Waals surface area contributed by atoms with E-state index in [1.807, 2.05) is 6.20 Å². The van der Waals surface area contributed by atoms with Gasteiger partial charge in [-0.05, 0) is 49.7 Å². The summed E-state index contributed by atoms with van der Waals surface area (Å²) in [7, 11) is 0. The number of pyridine rings is 1. The summed E-state index contributed by atoms with van der Waals surface area (Å²) in [5.41, 5.74) is 2.86. The summed E-state index contributed by atoms with van der Waals surface area (Å²) < 4.78 is 0. The number of alkyl halides is 1. The summed E-state index contributed by atoms with van der Waals surface area (Å²) in [4.78, 5) is 4.63. The van der Waals surface area contributed by atoms with Crippen LogP contribution < -0.4 is 0 Å². The molecule has 0 aromatic carbocycles. The SMILES string of the molecule is ClC1CCCCC(C2CCc3cccnc32)C1. The van der Waals surface area contributed by atoms with Gasteiger partial charge in [0.2, 0.25) is 0 Å². The number of hydrogen-bond acceptors (Lipinski definition) is 1. The van der Waals surface area contributed by atoms with Crippen LogP contribution in [0.15, 0.2) is 18.3 Å². The lowest BCUT2D eigenvalue weighted by molar-refractivity contribution is 0.371. The zero-order valence-electron chi connectivity index (χ0n) is 10.2. The molecule has 1 fully saturated rings. The molecule has 0 aliphatic heterocycles. The Morgan fingerprint density at radius 1 is 1.18 bits per heavy atom. The minimum absolute atomic E-state index is 0.398. The monoisotopic (exact) mass is 249 g/mol. The minimum atomic E-state index is 0.398. The first-order valence-electron chi connectivity index (χ1n) is 6.92. The third-order valence-electron chi connectivity index (χ3n) is 4.47. The lowest BCUT2D eigenvalue weighted by Crippen LogP contribution is -2.14. The second-order valence-corrected chi connectivity index (χ2v) is 6.19. The standard InChI is InChI=1S/C15H20ClN/c16-13-6-2-1-4-12(10-13)14-8-7-11-5-3-9-17-15(11)14/h3,5,9,12-14H,1-2,4,6-8,10H2. The molecule has 0 spiro atoms. The van der Waals surface area contributed by atoms with Crippen LogP contribution in [0.25, 0.3) is 0 Å². The maximum absolute atomic E-state index is 6.40. The second kappa shape index (κ2) is 4.97. The molecule has 2 heteroatoms. The minimum Gasteiger partial charge on any atom is -0.261 e. The van der Waals surface area contributed by atoms with Gasteiger partial charge in [0.15, 0.2) is 0 Å². The number of hydrogen-bond donors (Lipinski definition) is 0.